The van der Waals surface area contributed by atoms with Crippen LogP contribution in [0.4, 0.5) is 13.2 Å². The van der Waals surface area contributed by atoms with Crippen molar-refractivity contribution in [2.75, 3.05) is 6.54 Å². The van der Waals surface area contributed by atoms with Crippen molar-refractivity contribution in [2.24, 2.45) is 0 Å². The van der Waals surface area contributed by atoms with E-state index in [2.05, 4.69) is 5.32 Å². The molecule has 0 aliphatic heterocycles. The Morgan fingerprint density at radius 1 is 1.05 bits per heavy atom. The number of halogens is 4. The van der Waals surface area contributed by atoms with Crippen molar-refractivity contribution in [2.45, 2.75) is 19.9 Å². The highest BCUT2D eigenvalue weighted by Gasteiger charge is 2.23. The molecule has 2 aromatic carbocycles. The summed E-state index contributed by atoms with van der Waals surface area (Å²) in [5, 5.41) is 2.92. The van der Waals surface area contributed by atoms with Crippen molar-refractivity contribution in [1.29, 1.82) is 0 Å². The van der Waals surface area contributed by atoms with Crippen LogP contribution in [0.3, 0.4) is 0 Å². The Morgan fingerprint density at radius 2 is 1.76 bits per heavy atom. The lowest BCUT2D eigenvalue weighted by atomic mass is 9.96. The van der Waals surface area contributed by atoms with E-state index in [-0.39, 0.29) is 16.1 Å². The third-order valence-corrected chi connectivity index (χ3v) is 3.72. The normalized spacial score (nSPS) is 12.5. The van der Waals surface area contributed by atoms with Crippen molar-refractivity contribution in [3.05, 3.63) is 69.5 Å². The summed E-state index contributed by atoms with van der Waals surface area (Å²) in [6, 6.07) is 6.57. The zero-order chi connectivity index (χ0) is 15.6. The summed E-state index contributed by atoms with van der Waals surface area (Å²) in [5.74, 6) is -2.44. The molecule has 0 amide bonds. The van der Waals surface area contributed by atoms with Crippen LogP contribution in [0.15, 0.2) is 30.3 Å². The van der Waals surface area contributed by atoms with Crippen LogP contribution in [0.2, 0.25) is 5.02 Å². The van der Waals surface area contributed by atoms with E-state index in [9.17, 15) is 13.2 Å². The van der Waals surface area contributed by atoms with Gasteiger partial charge in [0.2, 0.25) is 0 Å². The van der Waals surface area contributed by atoms with Gasteiger partial charge in [-0.15, -0.1) is 0 Å². The summed E-state index contributed by atoms with van der Waals surface area (Å²) in [7, 11) is 0. The fourth-order valence-corrected chi connectivity index (χ4v) is 2.45. The standard InChI is InChI=1S/C16H15ClF3N/c1-3-21-16(10-5-4-6-12(18)13(10)17)11-8-7-9(2)14(19)15(11)20/h4-8,16,21H,3H2,1-2H3. The quantitative estimate of drug-likeness (QED) is 0.857. The number of hydrogen-bond donors (Lipinski definition) is 1. The van der Waals surface area contributed by atoms with Crippen LogP contribution in [-0.4, -0.2) is 6.54 Å². The molecule has 1 unspecified atom stereocenters. The Hall–Kier alpha value is -1.52. The Labute approximate surface area is 126 Å². The second kappa shape index (κ2) is 6.50. The first-order valence-electron chi connectivity index (χ1n) is 6.59. The van der Waals surface area contributed by atoms with Crippen LogP contribution < -0.4 is 5.32 Å². The lowest BCUT2D eigenvalue weighted by Gasteiger charge is -2.21. The SMILES string of the molecule is CCNC(c1ccc(C)c(F)c1F)c1cccc(F)c1Cl. The highest BCUT2D eigenvalue weighted by Crippen LogP contribution is 2.32. The summed E-state index contributed by atoms with van der Waals surface area (Å²) in [6.07, 6.45) is 0. The molecule has 2 rings (SSSR count). The van der Waals surface area contributed by atoms with E-state index in [1.165, 1.54) is 31.2 Å². The Balaban J connectivity index is 2.59. The maximum Gasteiger partial charge on any atom is 0.164 e. The Morgan fingerprint density at radius 3 is 2.43 bits per heavy atom. The molecule has 0 fully saturated rings. The second-order valence-electron chi connectivity index (χ2n) is 4.73. The van der Waals surface area contributed by atoms with Crippen LogP contribution in [-0.2, 0) is 0 Å². The van der Waals surface area contributed by atoms with Crippen LogP contribution in [0.1, 0.15) is 29.7 Å². The van der Waals surface area contributed by atoms with Gasteiger partial charge < -0.3 is 5.32 Å². The molecule has 0 radical (unpaired) electrons. The molecular weight excluding hydrogens is 299 g/mol. The molecule has 1 nitrogen and oxygen atoms in total. The van der Waals surface area contributed by atoms with E-state index in [1.807, 2.05) is 6.92 Å². The summed E-state index contributed by atoms with van der Waals surface area (Å²) in [5.41, 5.74) is 0.699. The smallest absolute Gasteiger partial charge is 0.164 e. The molecular formula is C16H15ClF3N. The van der Waals surface area contributed by atoms with Gasteiger partial charge >= 0.3 is 0 Å². The van der Waals surface area contributed by atoms with E-state index < -0.39 is 23.5 Å². The van der Waals surface area contributed by atoms with Crippen LogP contribution in [0, 0.1) is 24.4 Å². The predicted molar refractivity (Wildman–Crippen MR) is 78.0 cm³/mol. The molecule has 0 aliphatic rings. The number of benzene rings is 2. The molecule has 5 heteroatoms. The number of aryl methyl sites for hydroxylation is 1. The zero-order valence-corrected chi connectivity index (χ0v) is 12.4. The fourth-order valence-electron chi connectivity index (χ4n) is 2.22. The van der Waals surface area contributed by atoms with Crippen LogP contribution >= 0.6 is 11.6 Å². The molecule has 0 aliphatic carbocycles. The van der Waals surface area contributed by atoms with Gasteiger partial charge in [-0.3, -0.25) is 0 Å². The minimum atomic E-state index is -0.943. The average Bonchev–Trinajstić information content (AvgIpc) is 2.46. The van der Waals surface area contributed by atoms with Gasteiger partial charge in [-0.05, 0) is 30.7 Å². The lowest BCUT2D eigenvalue weighted by Crippen LogP contribution is -2.24. The van der Waals surface area contributed by atoms with Gasteiger partial charge in [-0.1, -0.05) is 42.8 Å². The highest BCUT2D eigenvalue weighted by molar-refractivity contribution is 6.31. The first-order valence-corrected chi connectivity index (χ1v) is 6.97. The first-order chi connectivity index (χ1) is 9.97. The number of nitrogens with one attached hydrogen (secondary N) is 1. The Kier molecular flexibility index (Phi) is 4.91. The van der Waals surface area contributed by atoms with Gasteiger partial charge in [0.15, 0.2) is 11.6 Å². The maximum atomic E-state index is 14.2. The van der Waals surface area contributed by atoms with Gasteiger partial charge in [0.1, 0.15) is 5.82 Å². The third kappa shape index (κ3) is 3.06. The molecule has 0 spiro atoms. The number of rotatable bonds is 4. The van der Waals surface area contributed by atoms with Gasteiger partial charge in [0, 0.05) is 5.56 Å². The fraction of sp³-hybridized carbons (Fsp3) is 0.250. The van der Waals surface area contributed by atoms with Gasteiger partial charge in [0.05, 0.1) is 11.1 Å². The third-order valence-electron chi connectivity index (χ3n) is 3.32. The average molecular weight is 314 g/mol. The predicted octanol–water partition coefficient (Wildman–Crippen LogP) is 4.76. The van der Waals surface area contributed by atoms with E-state index in [0.717, 1.165) is 0 Å². The van der Waals surface area contributed by atoms with Gasteiger partial charge in [0.25, 0.3) is 0 Å². The zero-order valence-electron chi connectivity index (χ0n) is 11.7. The largest absolute Gasteiger partial charge is 0.306 e. The molecule has 1 atom stereocenters. The molecule has 0 heterocycles. The second-order valence-corrected chi connectivity index (χ2v) is 5.11. The molecule has 112 valence electrons. The molecule has 2 aromatic rings. The minimum absolute atomic E-state index is 0.0937. The molecule has 0 bridgehead atoms. The van der Waals surface area contributed by atoms with E-state index in [0.29, 0.717) is 12.1 Å². The van der Waals surface area contributed by atoms with Gasteiger partial charge in [-0.25, -0.2) is 13.2 Å². The minimum Gasteiger partial charge on any atom is -0.306 e. The summed E-state index contributed by atoms with van der Waals surface area (Å²) in [4.78, 5) is 0. The molecule has 21 heavy (non-hydrogen) atoms. The summed E-state index contributed by atoms with van der Waals surface area (Å²) in [6.45, 7) is 3.80. The Bertz CT molecular complexity index is 658. The van der Waals surface area contributed by atoms with E-state index in [4.69, 9.17) is 11.6 Å². The van der Waals surface area contributed by atoms with Gasteiger partial charge in [-0.2, -0.15) is 0 Å². The molecule has 0 saturated heterocycles. The maximum absolute atomic E-state index is 14.2. The summed E-state index contributed by atoms with van der Waals surface area (Å²) < 4.78 is 41.6. The van der Waals surface area contributed by atoms with E-state index in [1.54, 1.807) is 6.07 Å². The van der Waals surface area contributed by atoms with Crippen molar-refractivity contribution in [3.8, 4) is 0 Å². The van der Waals surface area contributed by atoms with Crippen molar-refractivity contribution in [1.82, 2.24) is 5.32 Å². The summed E-state index contributed by atoms with van der Waals surface area (Å²) >= 11 is 5.97. The van der Waals surface area contributed by atoms with Crippen LogP contribution in [0.25, 0.3) is 0 Å². The molecule has 1 N–H and O–H groups in total. The van der Waals surface area contributed by atoms with Crippen LogP contribution in [0.5, 0.6) is 0 Å². The number of hydrogen-bond acceptors (Lipinski definition) is 1. The van der Waals surface area contributed by atoms with Crippen molar-refractivity contribution in [3.63, 3.8) is 0 Å². The van der Waals surface area contributed by atoms with E-state index >= 15 is 0 Å². The highest BCUT2D eigenvalue weighted by atomic mass is 35.5. The van der Waals surface area contributed by atoms with Crippen molar-refractivity contribution >= 4 is 11.6 Å². The van der Waals surface area contributed by atoms with Crippen molar-refractivity contribution < 1.29 is 13.2 Å². The molecule has 0 aromatic heterocycles. The lowest BCUT2D eigenvalue weighted by molar-refractivity contribution is 0.478. The topological polar surface area (TPSA) is 12.0 Å². The molecule has 0 saturated carbocycles. The monoisotopic (exact) mass is 313 g/mol. The first kappa shape index (κ1) is 15.9.